The molecule has 0 atom stereocenters. The molecule has 31 heavy (non-hydrogen) atoms. The Morgan fingerprint density at radius 3 is 2.42 bits per heavy atom. The first-order chi connectivity index (χ1) is 14.7. The van der Waals surface area contributed by atoms with E-state index in [-0.39, 0.29) is 30.0 Å². The molecule has 1 heterocycles. The maximum absolute atomic E-state index is 14.4. The molecule has 0 radical (unpaired) electrons. The van der Waals surface area contributed by atoms with Crippen molar-refractivity contribution in [1.82, 2.24) is 14.1 Å². The van der Waals surface area contributed by atoms with Gasteiger partial charge in [0.15, 0.2) is 11.6 Å². The second kappa shape index (κ2) is 8.95. The van der Waals surface area contributed by atoms with Gasteiger partial charge in [-0.15, -0.1) is 0 Å². The van der Waals surface area contributed by atoms with E-state index in [4.69, 9.17) is 4.74 Å². The molecule has 8 nitrogen and oxygen atoms in total. The Kier molecular flexibility index (Phi) is 6.33. The molecular weight excluding hydrogens is 403 g/mol. The van der Waals surface area contributed by atoms with Gasteiger partial charge < -0.3 is 10.1 Å². The summed E-state index contributed by atoms with van der Waals surface area (Å²) < 4.78 is 21.4. The second-order valence-corrected chi connectivity index (χ2v) is 7.36. The van der Waals surface area contributed by atoms with Gasteiger partial charge in [0.05, 0.1) is 12.6 Å². The SMILES string of the molecule is CC(=O)n1c(=O)nc(Nc2ccc(OC(C)C)c(F)c2)n(Cc2ccc(C)cc2)c1=O. The summed E-state index contributed by atoms with van der Waals surface area (Å²) in [7, 11) is 0. The Morgan fingerprint density at radius 1 is 1.16 bits per heavy atom. The van der Waals surface area contributed by atoms with E-state index in [1.807, 2.05) is 31.2 Å². The molecule has 0 spiro atoms. The van der Waals surface area contributed by atoms with Crippen LogP contribution in [0.25, 0.3) is 0 Å². The van der Waals surface area contributed by atoms with Gasteiger partial charge >= 0.3 is 11.4 Å². The van der Waals surface area contributed by atoms with E-state index >= 15 is 0 Å². The number of nitrogens with zero attached hydrogens (tertiary/aromatic N) is 3. The Balaban J connectivity index is 2.05. The smallest absolute Gasteiger partial charge is 0.361 e. The molecule has 0 fully saturated rings. The third-order valence-electron chi connectivity index (χ3n) is 4.40. The Bertz CT molecular complexity index is 1230. The normalized spacial score (nSPS) is 10.9. The third kappa shape index (κ3) is 5.06. The fourth-order valence-electron chi connectivity index (χ4n) is 2.93. The van der Waals surface area contributed by atoms with E-state index in [1.165, 1.54) is 12.1 Å². The third-order valence-corrected chi connectivity index (χ3v) is 4.40. The van der Waals surface area contributed by atoms with Crippen LogP contribution in [0.5, 0.6) is 5.75 Å². The minimum Gasteiger partial charge on any atom is -0.488 e. The van der Waals surface area contributed by atoms with Crippen molar-refractivity contribution in [1.29, 1.82) is 0 Å². The standard InChI is InChI=1S/C22H23FN4O4/c1-13(2)31-19-10-9-17(11-18(19)23)24-20-25-21(29)27(15(4)28)22(30)26(20)12-16-7-5-14(3)6-8-16/h5-11,13H,12H2,1-4H3,(H,24,25,29). The van der Waals surface area contributed by atoms with Crippen LogP contribution in [-0.2, 0) is 6.54 Å². The first kappa shape index (κ1) is 21.9. The van der Waals surface area contributed by atoms with Crippen molar-refractivity contribution < 1.29 is 13.9 Å². The summed E-state index contributed by atoms with van der Waals surface area (Å²) in [5, 5.41) is 2.80. The van der Waals surface area contributed by atoms with Crippen LogP contribution < -0.4 is 21.4 Å². The zero-order valence-electron chi connectivity index (χ0n) is 17.7. The Morgan fingerprint density at radius 2 is 1.84 bits per heavy atom. The van der Waals surface area contributed by atoms with Crippen LogP contribution in [0.3, 0.4) is 0 Å². The summed E-state index contributed by atoms with van der Waals surface area (Å²) in [6, 6.07) is 11.6. The van der Waals surface area contributed by atoms with Gasteiger partial charge in [-0.3, -0.25) is 9.36 Å². The van der Waals surface area contributed by atoms with Crippen molar-refractivity contribution in [3.05, 3.63) is 80.4 Å². The molecule has 0 saturated heterocycles. The van der Waals surface area contributed by atoms with Gasteiger partial charge in [-0.25, -0.2) is 14.0 Å². The minimum atomic E-state index is -1.01. The molecule has 0 amide bonds. The minimum absolute atomic E-state index is 0.0546. The van der Waals surface area contributed by atoms with Crippen LogP contribution in [-0.4, -0.2) is 26.1 Å². The van der Waals surface area contributed by atoms with Crippen LogP contribution >= 0.6 is 0 Å². The van der Waals surface area contributed by atoms with E-state index in [1.54, 1.807) is 19.9 Å². The van der Waals surface area contributed by atoms with Gasteiger partial charge in [-0.1, -0.05) is 29.8 Å². The number of rotatable bonds is 6. The largest absolute Gasteiger partial charge is 0.488 e. The number of ether oxygens (including phenoxy) is 1. The number of carbonyl (C=O) groups excluding carboxylic acids is 1. The second-order valence-electron chi connectivity index (χ2n) is 7.36. The highest BCUT2D eigenvalue weighted by Crippen LogP contribution is 2.24. The predicted molar refractivity (Wildman–Crippen MR) is 115 cm³/mol. The highest BCUT2D eigenvalue weighted by atomic mass is 19.1. The van der Waals surface area contributed by atoms with Gasteiger partial charge in [0.25, 0.3) is 0 Å². The lowest BCUT2D eigenvalue weighted by Crippen LogP contribution is -2.45. The summed E-state index contributed by atoms with van der Waals surface area (Å²) in [6.45, 7) is 6.66. The average molecular weight is 426 g/mol. The van der Waals surface area contributed by atoms with Gasteiger partial charge in [0, 0.05) is 18.7 Å². The van der Waals surface area contributed by atoms with Crippen molar-refractivity contribution in [3.8, 4) is 5.75 Å². The lowest BCUT2D eigenvalue weighted by molar-refractivity contribution is 0.0923. The number of hydrogen-bond acceptors (Lipinski definition) is 6. The molecule has 3 rings (SSSR count). The Labute approximate surface area is 177 Å². The summed E-state index contributed by atoms with van der Waals surface area (Å²) in [6.07, 6.45) is -0.200. The van der Waals surface area contributed by atoms with Crippen molar-refractivity contribution in [3.63, 3.8) is 0 Å². The first-order valence-electron chi connectivity index (χ1n) is 9.69. The zero-order valence-corrected chi connectivity index (χ0v) is 17.7. The maximum atomic E-state index is 14.4. The van der Waals surface area contributed by atoms with E-state index in [9.17, 15) is 18.8 Å². The molecule has 0 bridgehead atoms. The highest BCUT2D eigenvalue weighted by molar-refractivity contribution is 5.75. The number of halogens is 1. The summed E-state index contributed by atoms with van der Waals surface area (Å²) in [5.41, 5.74) is 0.216. The molecule has 3 aromatic rings. The van der Waals surface area contributed by atoms with Crippen molar-refractivity contribution in [2.24, 2.45) is 0 Å². The van der Waals surface area contributed by atoms with E-state index in [2.05, 4.69) is 10.3 Å². The molecule has 1 aromatic heterocycles. The number of hydrogen-bond donors (Lipinski definition) is 1. The first-order valence-corrected chi connectivity index (χ1v) is 9.69. The Hall–Kier alpha value is -3.75. The number of benzene rings is 2. The van der Waals surface area contributed by atoms with Crippen LogP contribution in [0.15, 0.2) is 52.1 Å². The summed E-state index contributed by atoms with van der Waals surface area (Å²) >= 11 is 0. The van der Waals surface area contributed by atoms with Crippen LogP contribution in [0.1, 0.15) is 36.7 Å². The van der Waals surface area contributed by atoms with E-state index < -0.39 is 23.1 Å². The molecular formula is C22H23FN4O4. The lowest BCUT2D eigenvalue weighted by atomic mass is 10.1. The fraction of sp³-hybridized carbons (Fsp3) is 0.273. The molecule has 1 N–H and O–H groups in total. The molecule has 9 heteroatoms. The summed E-state index contributed by atoms with van der Waals surface area (Å²) in [4.78, 5) is 40.8. The topological polar surface area (TPSA) is 95.2 Å². The van der Waals surface area contributed by atoms with Crippen LogP contribution in [0.4, 0.5) is 16.0 Å². The highest BCUT2D eigenvalue weighted by Gasteiger charge is 2.17. The average Bonchev–Trinajstić information content (AvgIpc) is 2.68. The molecule has 0 unspecified atom stereocenters. The van der Waals surface area contributed by atoms with Crippen molar-refractivity contribution >= 4 is 17.5 Å². The molecule has 0 saturated carbocycles. The van der Waals surface area contributed by atoms with E-state index in [0.717, 1.165) is 22.6 Å². The molecule has 162 valence electrons. The van der Waals surface area contributed by atoms with Gasteiger partial charge in [0.1, 0.15) is 0 Å². The predicted octanol–water partition coefficient (Wildman–Crippen LogP) is 3.09. The van der Waals surface area contributed by atoms with Gasteiger partial charge in [-0.05, 0) is 38.5 Å². The van der Waals surface area contributed by atoms with E-state index in [0.29, 0.717) is 4.57 Å². The van der Waals surface area contributed by atoms with Gasteiger partial charge in [-0.2, -0.15) is 9.55 Å². The number of aryl methyl sites for hydroxylation is 1. The number of nitrogens with one attached hydrogen (secondary N) is 1. The van der Waals surface area contributed by atoms with Crippen LogP contribution in [0.2, 0.25) is 0 Å². The summed E-state index contributed by atoms with van der Waals surface area (Å²) in [5.74, 6) is -1.38. The molecule has 0 aliphatic carbocycles. The lowest BCUT2D eigenvalue weighted by Gasteiger charge is -2.16. The maximum Gasteiger partial charge on any atom is 0.361 e. The molecule has 0 aliphatic heterocycles. The monoisotopic (exact) mass is 426 g/mol. The van der Waals surface area contributed by atoms with Crippen LogP contribution in [0, 0.1) is 12.7 Å². The fourth-order valence-corrected chi connectivity index (χ4v) is 2.93. The number of carbonyl (C=O) groups is 1. The van der Waals surface area contributed by atoms with Crippen molar-refractivity contribution in [2.75, 3.05) is 5.32 Å². The number of anilines is 2. The number of aromatic nitrogens is 3. The molecule has 0 aliphatic rings. The molecule has 2 aromatic carbocycles. The zero-order chi connectivity index (χ0) is 22.7. The van der Waals surface area contributed by atoms with Gasteiger partial charge in [0.2, 0.25) is 11.9 Å². The van der Waals surface area contributed by atoms with Crippen molar-refractivity contribution in [2.45, 2.75) is 40.3 Å². The quantitative estimate of drug-likeness (QED) is 0.651.